The maximum Gasteiger partial charge on any atom is 0.285 e. The summed E-state index contributed by atoms with van der Waals surface area (Å²) < 4.78 is 1.89. The van der Waals surface area contributed by atoms with Gasteiger partial charge in [0.05, 0.1) is 6.54 Å². The fourth-order valence-corrected chi connectivity index (χ4v) is 4.73. The Bertz CT molecular complexity index is 1450. The first-order valence-electron chi connectivity index (χ1n) is 10.1. The Morgan fingerprint density at radius 3 is 2.84 bits per heavy atom. The summed E-state index contributed by atoms with van der Waals surface area (Å²) in [6.45, 7) is 0.552. The fourth-order valence-electron chi connectivity index (χ4n) is 4.00. The first-order chi connectivity index (χ1) is 15.1. The molecule has 2 aromatic carbocycles. The summed E-state index contributed by atoms with van der Waals surface area (Å²) in [5, 5.41) is 4.15. The van der Waals surface area contributed by atoms with Crippen LogP contribution in [0.25, 0.3) is 10.8 Å². The molecule has 31 heavy (non-hydrogen) atoms. The van der Waals surface area contributed by atoms with Gasteiger partial charge in [0.2, 0.25) is 0 Å². The van der Waals surface area contributed by atoms with Gasteiger partial charge in [0, 0.05) is 29.3 Å². The van der Waals surface area contributed by atoms with Crippen molar-refractivity contribution in [2.45, 2.75) is 25.8 Å². The lowest BCUT2D eigenvalue weighted by atomic mass is 9.94. The van der Waals surface area contributed by atoms with Gasteiger partial charge in [0.25, 0.3) is 11.5 Å². The zero-order chi connectivity index (χ0) is 21.4. The van der Waals surface area contributed by atoms with E-state index in [0.717, 1.165) is 16.3 Å². The lowest BCUT2D eigenvalue weighted by molar-refractivity contribution is 0.0971. The molecule has 0 fully saturated rings. The number of fused-ring (bicyclic) bond motifs is 2. The molecule has 1 aliphatic carbocycles. The van der Waals surface area contributed by atoms with Crippen molar-refractivity contribution in [1.82, 2.24) is 9.55 Å². The van der Waals surface area contributed by atoms with E-state index in [0.29, 0.717) is 41.9 Å². The number of aromatic amines is 1. The molecule has 0 saturated heterocycles. The van der Waals surface area contributed by atoms with Crippen molar-refractivity contribution >= 4 is 33.8 Å². The zero-order valence-corrected chi connectivity index (χ0v) is 17.4. The minimum Gasteiger partial charge on any atom is -0.325 e. The fraction of sp³-hybridized carbons (Fsp3) is 0.167. The van der Waals surface area contributed by atoms with E-state index in [1.807, 2.05) is 34.3 Å². The molecule has 0 aliphatic heterocycles. The molecule has 0 unspecified atom stereocenters. The van der Waals surface area contributed by atoms with Crippen molar-refractivity contribution < 1.29 is 9.59 Å². The van der Waals surface area contributed by atoms with Gasteiger partial charge >= 0.3 is 0 Å². The van der Waals surface area contributed by atoms with Crippen molar-refractivity contribution in [1.29, 1.82) is 0 Å². The lowest BCUT2D eigenvalue weighted by Gasteiger charge is -2.14. The van der Waals surface area contributed by atoms with Crippen molar-refractivity contribution in [2.24, 2.45) is 4.99 Å². The second-order valence-electron chi connectivity index (χ2n) is 7.55. The highest BCUT2D eigenvalue weighted by Gasteiger charge is 2.22. The highest BCUT2D eigenvalue weighted by molar-refractivity contribution is 7.07. The number of pyridine rings is 1. The molecule has 6 nitrogen and oxygen atoms in total. The van der Waals surface area contributed by atoms with Crippen molar-refractivity contribution in [3.63, 3.8) is 0 Å². The van der Waals surface area contributed by atoms with Crippen LogP contribution in [-0.4, -0.2) is 21.2 Å². The SMILES string of the molecule is O=C1CCCc2[nH]c(=O)c(C(=O)N=c3sccn3Cc3cccc4ccccc34)cc21. The number of benzene rings is 2. The minimum atomic E-state index is -0.642. The highest BCUT2D eigenvalue weighted by Crippen LogP contribution is 2.20. The maximum absolute atomic E-state index is 12.8. The van der Waals surface area contributed by atoms with E-state index < -0.39 is 11.5 Å². The van der Waals surface area contributed by atoms with Crippen LogP contribution in [0.3, 0.4) is 0 Å². The number of nitrogens with one attached hydrogen (secondary N) is 1. The van der Waals surface area contributed by atoms with Crippen LogP contribution in [0.2, 0.25) is 0 Å². The van der Waals surface area contributed by atoms with Gasteiger partial charge in [-0.1, -0.05) is 42.5 Å². The third-order valence-electron chi connectivity index (χ3n) is 5.56. The molecule has 0 saturated carbocycles. The molecule has 154 valence electrons. The van der Waals surface area contributed by atoms with Gasteiger partial charge in [0.1, 0.15) is 5.56 Å². The second kappa shape index (κ2) is 7.92. The Balaban J connectivity index is 1.51. The number of nitrogens with zero attached hydrogens (tertiary/aromatic N) is 2. The van der Waals surface area contributed by atoms with E-state index >= 15 is 0 Å². The molecular weight excluding hydrogens is 410 g/mol. The third-order valence-corrected chi connectivity index (χ3v) is 6.36. The lowest BCUT2D eigenvalue weighted by Crippen LogP contribution is -2.25. The summed E-state index contributed by atoms with van der Waals surface area (Å²) in [5.74, 6) is -0.690. The number of Topliss-reactive ketones (excluding diaryl/α,β-unsaturated/α-hetero) is 1. The van der Waals surface area contributed by atoms with E-state index in [4.69, 9.17) is 0 Å². The molecule has 0 radical (unpaired) electrons. The number of carbonyl (C=O) groups excluding carboxylic acids is 2. The number of aryl methyl sites for hydroxylation is 1. The molecule has 0 bridgehead atoms. The molecule has 0 spiro atoms. The molecule has 1 amide bonds. The third kappa shape index (κ3) is 3.68. The van der Waals surface area contributed by atoms with Crippen LogP contribution in [-0.2, 0) is 13.0 Å². The van der Waals surface area contributed by atoms with Gasteiger partial charge in [-0.25, -0.2) is 0 Å². The average molecular weight is 430 g/mol. The Kier molecular flexibility index (Phi) is 4.95. The summed E-state index contributed by atoms with van der Waals surface area (Å²) in [6.07, 6.45) is 3.65. The quantitative estimate of drug-likeness (QED) is 0.539. The number of H-pyrrole nitrogens is 1. The summed E-state index contributed by atoms with van der Waals surface area (Å²) >= 11 is 1.33. The predicted molar refractivity (Wildman–Crippen MR) is 120 cm³/mol. The Morgan fingerprint density at radius 2 is 1.94 bits per heavy atom. The maximum atomic E-state index is 12.8. The summed E-state index contributed by atoms with van der Waals surface area (Å²) in [4.78, 5) is 44.9. The number of hydrogen-bond acceptors (Lipinski definition) is 4. The molecule has 4 aromatic rings. The monoisotopic (exact) mass is 429 g/mol. The Labute approximate surface area is 181 Å². The van der Waals surface area contributed by atoms with Gasteiger partial charge in [-0.15, -0.1) is 11.3 Å². The van der Waals surface area contributed by atoms with Gasteiger partial charge < -0.3 is 9.55 Å². The van der Waals surface area contributed by atoms with Crippen LogP contribution < -0.4 is 10.4 Å². The average Bonchev–Trinajstić information content (AvgIpc) is 3.20. The van der Waals surface area contributed by atoms with E-state index in [1.54, 1.807) is 0 Å². The summed E-state index contributed by atoms with van der Waals surface area (Å²) in [5.41, 5.74) is 1.56. The van der Waals surface area contributed by atoms with E-state index in [2.05, 4.69) is 34.2 Å². The number of carbonyl (C=O) groups is 2. The number of hydrogen-bond donors (Lipinski definition) is 1. The van der Waals surface area contributed by atoms with Crippen molar-refractivity contribution in [3.05, 3.63) is 97.6 Å². The molecule has 2 aromatic heterocycles. The van der Waals surface area contributed by atoms with Crippen molar-refractivity contribution in [2.75, 3.05) is 0 Å². The van der Waals surface area contributed by atoms with Gasteiger partial charge in [-0.2, -0.15) is 4.99 Å². The van der Waals surface area contributed by atoms with Crippen LogP contribution in [0.4, 0.5) is 0 Å². The Morgan fingerprint density at radius 1 is 1.10 bits per heavy atom. The molecule has 2 heterocycles. The zero-order valence-electron chi connectivity index (χ0n) is 16.6. The molecule has 7 heteroatoms. The molecular formula is C24H19N3O3S. The largest absolute Gasteiger partial charge is 0.325 e. The van der Waals surface area contributed by atoms with Crippen LogP contribution in [0.1, 0.15) is 44.8 Å². The van der Waals surface area contributed by atoms with Gasteiger partial charge in [0.15, 0.2) is 10.6 Å². The number of ketones is 1. The van der Waals surface area contributed by atoms with Crippen LogP contribution in [0.5, 0.6) is 0 Å². The minimum absolute atomic E-state index is 0.0475. The topological polar surface area (TPSA) is 84.3 Å². The van der Waals surface area contributed by atoms with E-state index in [9.17, 15) is 14.4 Å². The Hall–Kier alpha value is -3.58. The normalized spacial score (nSPS) is 14.1. The van der Waals surface area contributed by atoms with Gasteiger partial charge in [-0.05, 0) is 35.2 Å². The summed E-state index contributed by atoms with van der Waals surface area (Å²) in [6, 6.07) is 15.7. The molecule has 1 N–H and O–H groups in total. The first kappa shape index (κ1) is 19.4. The van der Waals surface area contributed by atoms with Crippen LogP contribution >= 0.6 is 11.3 Å². The number of rotatable bonds is 3. The molecule has 1 aliphatic rings. The molecule has 0 atom stereocenters. The standard InChI is InChI=1S/C24H19N3O3S/c28-21-10-4-9-20-18(21)13-19(22(29)25-20)23(30)26-24-27(11-12-31-24)14-16-7-3-6-15-5-1-2-8-17(15)16/h1-3,5-8,11-13H,4,9-10,14H2,(H,25,29). The highest BCUT2D eigenvalue weighted by atomic mass is 32.1. The number of amides is 1. The van der Waals surface area contributed by atoms with E-state index in [-0.39, 0.29) is 11.3 Å². The summed E-state index contributed by atoms with van der Waals surface area (Å²) in [7, 11) is 0. The van der Waals surface area contributed by atoms with E-state index in [1.165, 1.54) is 17.4 Å². The first-order valence-corrected chi connectivity index (χ1v) is 11.0. The van der Waals surface area contributed by atoms with Crippen molar-refractivity contribution in [3.8, 4) is 0 Å². The smallest absolute Gasteiger partial charge is 0.285 e. The van der Waals surface area contributed by atoms with Crippen LogP contribution in [0, 0.1) is 0 Å². The number of thiazole rings is 1. The number of aromatic nitrogens is 2. The predicted octanol–water partition coefficient (Wildman–Crippen LogP) is 3.70. The second-order valence-corrected chi connectivity index (χ2v) is 8.42. The van der Waals surface area contributed by atoms with Gasteiger partial charge in [-0.3, -0.25) is 14.4 Å². The van der Waals surface area contributed by atoms with Crippen LogP contribution in [0.15, 0.2) is 69.9 Å². The molecule has 5 rings (SSSR count).